The highest BCUT2D eigenvalue weighted by Crippen LogP contribution is 2.31. The van der Waals surface area contributed by atoms with Gasteiger partial charge in [0.1, 0.15) is 11.9 Å². The normalized spacial score (nSPS) is 28.8. The second kappa shape index (κ2) is 6.20. The second-order valence-corrected chi connectivity index (χ2v) is 6.80. The van der Waals surface area contributed by atoms with E-state index in [2.05, 4.69) is 21.7 Å². The van der Waals surface area contributed by atoms with Crippen molar-refractivity contribution in [3.05, 3.63) is 11.6 Å². The molecule has 2 fully saturated rings. The minimum Gasteiger partial charge on any atom is -0.381 e. The number of hydrogen-bond acceptors (Lipinski definition) is 5. The lowest BCUT2D eigenvalue weighted by Crippen LogP contribution is -2.45. The number of nitrogens with zero attached hydrogens (tertiary/aromatic N) is 4. The van der Waals surface area contributed by atoms with E-state index in [-0.39, 0.29) is 18.1 Å². The molecule has 0 radical (unpaired) electrons. The van der Waals surface area contributed by atoms with Gasteiger partial charge in [0, 0.05) is 32.3 Å². The third-order valence-corrected chi connectivity index (χ3v) is 5.15. The Labute approximate surface area is 135 Å². The second-order valence-electron chi connectivity index (χ2n) is 6.80. The molecule has 4 heterocycles. The van der Waals surface area contributed by atoms with Crippen molar-refractivity contribution in [2.45, 2.75) is 57.2 Å². The molecule has 7 heteroatoms. The summed E-state index contributed by atoms with van der Waals surface area (Å²) >= 11 is 0. The maximum Gasteiger partial charge on any atom is 0.252 e. The largest absolute Gasteiger partial charge is 0.381 e. The minimum atomic E-state index is -0.258. The van der Waals surface area contributed by atoms with Crippen LogP contribution in [0.2, 0.25) is 0 Å². The van der Waals surface area contributed by atoms with E-state index in [0.29, 0.717) is 25.6 Å². The van der Waals surface area contributed by atoms with Crippen LogP contribution < -0.4 is 0 Å². The molecule has 0 bridgehead atoms. The van der Waals surface area contributed by atoms with Gasteiger partial charge < -0.3 is 18.9 Å². The Morgan fingerprint density at radius 2 is 2.00 bits per heavy atom. The van der Waals surface area contributed by atoms with Crippen molar-refractivity contribution in [3.8, 4) is 0 Å². The van der Waals surface area contributed by atoms with E-state index in [4.69, 9.17) is 9.47 Å². The summed E-state index contributed by atoms with van der Waals surface area (Å²) in [5.41, 5.74) is 0. The summed E-state index contributed by atoms with van der Waals surface area (Å²) in [6, 6.07) is 0.206. The first kappa shape index (κ1) is 15.1. The summed E-state index contributed by atoms with van der Waals surface area (Å²) in [6.07, 6.45) is 3.56. The highest BCUT2D eigenvalue weighted by molar-refractivity contribution is 5.81. The summed E-state index contributed by atoms with van der Waals surface area (Å²) in [7, 11) is 0. The molecule has 3 aliphatic heterocycles. The number of ether oxygens (including phenoxy) is 2. The molecule has 126 valence electrons. The van der Waals surface area contributed by atoms with E-state index in [0.717, 1.165) is 50.5 Å². The molecular weight excluding hydrogens is 296 g/mol. The van der Waals surface area contributed by atoms with Crippen LogP contribution in [0.1, 0.15) is 56.2 Å². The molecule has 0 saturated carbocycles. The van der Waals surface area contributed by atoms with Gasteiger partial charge in [-0.3, -0.25) is 4.79 Å². The van der Waals surface area contributed by atoms with Crippen molar-refractivity contribution in [1.82, 2.24) is 19.7 Å². The van der Waals surface area contributed by atoms with Crippen LogP contribution in [-0.2, 0) is 20.8 Å². The van der Waals surface area contributed by atoms with Gasteiger partial charge in [0.2, 0.25) is 0 Å². The van der Waals surface area contributed by atoms with Crippen LogP contribution in [0.5, 0.6) is 0 Å². The molecule has 4 rings (SSSR count). The Kier molecular flexibility index (Phi) is 4.07. The van der Waals surface area contributed by atoms with E-state index in [1.807, 2.05) is 4.90 Å². The van der Waals surface area contributed by atoms with Crippen LogP contribution in [0.25, 0.3) is 0 Å². The monoisotopic (exact) mass is 320 g/mol. The van der Waals surface area contributed by atoms with Crippen molar-refractivity contribution in [2.75, 3.05) is 26.4 Å². The highest BCUT2D eigenvalue weighted by atomic mass is 16.5. The minimum absolute atomic E-state index is 0.108. The molecule has 0 aliphatic carbocycles. The lowest BCUT2D eigenvalue weighted by molar-refractivity contribution is -0.143. The first-order chi connectivity index (χ1) is 11.2. The quantitative estimate of drug-likeness (QED) is 0.820. The maximum absolute atomic E-state index is 12.6. The fraction of sp³-hybridized carbons (Fsp3) is 0.812. The Bertz CT molecular complexity index is 576. The first-order valence-corrected chi connectivity index (χ1v) is 8.66. The summed E-state index contributed by atoms with van der Waals surface area (Å²) < 4.78 is 13.2. The molecule has 23 heavy (non-hydrogen) atoms. The first-order valence-electron chi connectivity index (χ1n) is 8.66. The highest BCUT2D eigenvalue weighted by Gasteiger charge is 2.35. The van der Waals surface area contributed by atoms with Gasteiger partial charge in [0.25, 0.3) is 5.91 Å². The summed E-state index contributed by atoms with van der Waals surface area (Å²) in [5, 5.41) is 8.83. The van der Waals surface area contributed by atoms with Crippen LogP contribution in [0.15, 0.2) is 0 Å². The van der Waals surface area contributed by atoms with Gasteiger partial charge in [-0.1, -0.05) is 0 Å². The molecule has 0 spiro atoms. The number of carbonyl (C=O) groups is 1. The van der Waals surface area contributed by atoms with Crippen molar-refractivity contribution in [1.29, 1.82) is 0 Å². The average Bonchev–Trinajstić information content (AvgIpc) is 3.24. The van der Waals surface area contributed by atoms with Crippen molar-refractivity contribution < 1.29 is 14.3 Å². The molecule has 2 saturated heterocycles. The van der Waals surface area contributed by atoms with E-state index >= 15 is 0 Å². The van der Waals surface area contributed by atoms with Crippen molar-refractivity contribution in [2.24, 2.45) is 0 Å². The zero-order valence-corrected chi connectivity index (χ0v) is 13.6. The summed E-state index contributed by atoms with van der Waals surface area (Å²) in [6.45, 7) is 5.68. The fourth-order valence-electron chi connectivity index (χ4n) is 3.94. The fourth-order valence-corrected chi connectivity index (χ4v) is 3.94. The van der Waals surface area contributed by atoms with E-state index in [1.54, 1.807) is 0 Å². The zero-order valence-electron chi connectivity index (χ0n) is 13.6. The molecule has 3 aliphatic rings. The van der Waals surface area contributed by atoms with Gasteiger partial charge in [-0.25, -0.2) is 0 Å². The van der Waals surface area contributed by atoms with Gasteiger partial charge in [-0.05, 0) is 32.6 Å². The van der Waals surface area contributed by atoms with Crippen LogP contribution in [-0.4, -0.2) is 58.0 Å². The Morgan fingerprint density at radius 3 is 2.74 bits per heavy atom. The predicted octanol–water partition coefficient (Wildman–Crippen LogP) is 1.25. The molecule has 0 N–H and O–H groups in total. The molecule has 1 aromatic rings. The molecule has 1 amide bonds. The standard InChI is InChI=1S/C16H24N4O3/c1-11-9-19(16(21)13-3-2-6-23-13)10-14-17-18-15(20(11)14)12-4-7-22-8-5-12/h11-13H,2-10H2,1H3/t11-,13+/m0/s1. The van der Waals surface area contributed by atoms with E-state index in [9.17, 15) is 4.79 Å². The Morgan fingerprint density at radius 1 is 1.17 bits per heavy atom. The van der Waals surface area contributed by atoms with Crippen molar-refractivity contribution >= 4 is 5.91 Å². The van der Waals surface area contributed by atoms with E-state index < -0.39 is 0 Å². The predicted molar refractivity (Wildman–Crippen MR) is 81.9 cm³/mol. The lowest BCUT2D eigenvalue weighted by atomic mass is 9.98. The van der Waals surface area contributed by atoms with Gasteiger partial charge in [-0.2, -0.15) is 0 Å². The Balaban J connectivity index is 1.53. The molecule has 0 aromatic carbocycles. The number of fused-ring (bicyclic) bond motifs is 1. The van der Waals surface area contributed by atoms with Gasteiger partial charge in [0.05, 0.1) is 12.6 Å². The summed E-state index contributed by atoms with van der Waals surface area (Å²) in [5.74, 6) is 2.50. The smallest absolute Gasteiger partial charge is 0.252 e. The topological polar surface area (TPSA) is 69.5 Å². The molecule has 1 aromatic heterocycles. The van der Waals surface area contributed by atoms with E-state index in [1.165, 1.54) is 0 Å². The average molecular weight is 320 g/mol. The SMILES string of the molecule is C[C@H]1CN(C(=O)[C@H]2CCCO2)Cc2nnc(C3CCOCC3)n21. The lowest BCUT2D eigenvalue weighted by Gasteiger charge is -2.35. The zero-order chi connectivity index (χ0) is 15.8. The summed E-state index contributed by atoms with van der Waals surface area (Å²) in [4.78, 5) is 14.5. The Hall–Kier alpha value is -1.47. The third kappa shape index (κ3) is 2.76. The maximum atomic E-state index is 12.6. The van der Waals surface area contributed by atoms with Gasteiger partial charge in [-0.15, -0.1) is 10.2 Å². The van der Waals surface area contributed by atoms with Gasteiger partial charge >= 0.3 is 0 Å². The molecule has 7 nitrogen and oxygen atoms in total. The number of aromatic nitrogens is 3. The number of carbonyl (C=O) groups excluding carboxylic acids is 1. The molecular formula is C16H24N4O3. The van der Waals surface area contributed by atoms with Crippen LogP contribution >= 0.6 is 0 Å². The van der Waals surface area contributed by atoms with Crippen molar-refractivity contribution in [3.63, 3.8) is 0 Å². The molecule has 0 unspecified atom stereocenters. The van der Waals surface area contributed by atoms with Crippen LogP contribution in [0.4, 0.5) is 0 Å². The number of hydrogen-bond donors (Lipinski definition) is 0. The van der Waals surface area contributed by atoms with Crippen LogP contribution in [0, 0.1) is 0 Å². The number of rotatable bonds is 2. The number of amides is 1. The molecule has 2 atom stereocenters. The van der Waals surface area contributed by atoms with Gasteiger partial charge in [0.15, 0.2) is 5.82 Å². The van der Waals surface area contributed by atoms with Crippen LogP contribution in [0.3, 0.4) is 0 Å². The third-order valence-electron chi connectivity index (χ3n) is 5.15.